The van der Waals surface area contributed by atoms with E-state index in [0.717, 1.165) is 19.4 Å². The van der Waals surface area contributed by atoms with Crippen molar-refractivity contribution in [3.63, 3.8) is 0 Å². The highest BCUT2D eigenvalue weighted by atomic mass is 16.4. The largest absolute Gasteiger partial charge is 0.480 e. The van der Waals surface area contributed by atoms with E-state index in [-0.39, 0.29) is 0 Å². The number of benzene rings is 1. The van der Waals surface area contributed by atoms with E-state index in [1.807, 2.05) is 18.2 Å². The molecule has 0 aromatic heterocycles. The number of nitrogens with zero attached hydrogens (tertiary/aromatic N) is 1. The van der Waals surface area contributed by atoms with E-state index in [2.05, 4.69) is 11.8 Å². The molecule has 1 heterocycles. The third-order valence-electron chi connectivity index (χ3n) is 4.06. The fraction of sp³-hybridized carbons (Fsp3) is 0.533. The van der Waals surface area contributed by atoms with E-state index < -0.39 is 11.5 Å². The third kappa shape index (κ3) is 2.96. The van der Waals surface area contributed by atoms with Crippen molar-refractivity contribution in [2.75, 3.05) is 13.1 Å². The lowest BCUT2D eigenvalue weighted by molar-refractivity contribution is -0.145. The first-order valence-corrected chi connectivity index (χ1v) is 6.86. The lowest BCUT2D eigenvalue weighted by atomic mass is 9.89. The molecular weight excluding hydrogens is 240 g/mol. The van der Waals surface area contributed by atoms with Gasteiger partial charge >= 0.3 is 5.97 Å². The first-order chi connectivity index (χ1) is 9.04. The summed E-state index contributed by atoms with van der Waals surface area (Å²) in [7, 11) is 0. The standard InChI is InChI=1S/C15H22N2O2/c1-12-7-5-6-10-17(12)11-15(16,14(18)19)13-8-3-2-4-9-13/h2-4,8-9,12H,5-7,10-11,16H2,1H3,(H,18,19). The summed E-state index contributed by atoms with van der Waals surface area (Å²) < 4.78 is 0. The molecule has 0 radical (unpaired) electrons. The Kier molecular flexibility index (Phi) is 4.22. The van der Waals surface area contributed by atoms with Crippen LogP contribution in [-0.4, -0.2) is 35.1 Å². The summed E-state index contributed by atoms with van der Waals surface area (Å²) in [6.07, 6.45) is 3.45. The number of hydrogen-bond donors (Lipinski definition) is 2. The van der Waals surface area contributed by atoms with E-state index in [1.54, 1.807) is 12.1 Å². The molecule has 2 rings (SSSR count). The number of carboxylic acid groups (broad SMARTS) is 1. The Hall–Kier alpha value is -1.39. The van der Waals surface area contributed by atoms with Gasteiger partial charge in [-0.05, 0) is 31.9 Å². The Morgan fingerprint density at radius 1 is 1.42 bits per heavy atom. The fourth-order valence-corrected chi connectivity index (χ4v) is 2.73. The van der Waals surface area contributed by atoms with Crippen LogP contribution in [0.25, 0.3) is 0 Å². The minimum Gasteiger partial charge on any atom is -0.480 e. The van der Waals surface area contributed by atoms with Crippen LogP contribution in [0.3, 0.4) is 0 Å². The molecule has 1 aliphatic heterocycles. The molecule has 1 fully saturated rings. The van der Waals surface area contributed by atoms with Crippen LogP contribution >= 0.6 is 0 Å². The molecule has 1 saturated heterocycles. The van der Waals surface area contributed by atoms with Gasteiger partial charge in [-0.1, -0.05) is 36.8 Å². The second kappa shape index (κ2) is 5.72. The monoisotopic (exact) mass is 262 g/mol. The Morgan fingerprint density at radius 2 is 2.11 bits per heavy atom. The molecule has 1 aromatic rings. The van der Waals surface area contributed by atoms with Crippen molar-refractivity contribution in [3.8, 4) is 0 Å². The van der Waals surface area contributed by atoms with Gasteiger partial charge in [-0.2, -0.15) is 0 Å². The highest BCUT2D eigenvalue weighted by Crippen LogP contribution is 2.24. The predicted octanol–water partition coefficient (Wildman–Crippen LogP) is 1.80. The minimum absolute atomic E-state index is 0.369. The Balaban J connectivity index is 2.23. The van der Waals surface area contributed by atoms with Crippen LogP contribution in [-0.2, 0) is 10.3 Å². The van der Waals surface area contributed by atoms with Crippen LogP contribution in [0.15, 0.2) is 30.3 Å². The highest BCUT2D eigenvalue weighted by molar-refractivity contribution is 5.80. The zero-order valence-electron chi connectivity index (χ0n) is 11.4. The molecule has 3 N–H and O–H groups in total. The van der Waals surface area contributed by atoms with Crippen LogP contribution in [0.2, 0.25) is 0 Å². The number of piperidine rings is 1. The van der Waals surface area contributed by atoms with Crippen molar-refractivity contribution < 1.29 is 9.90 Å². The van der Waals surface area contributed by atoms with Crippen LogP contribution < -0.4 is 5.73 Å². The van der Waals surface area contributed by atoms with Crippen LogP contribution in [0.4, 0.5) is 0 Å². The lowest BCUT2D eigenvalue weighted by Crippen LogP contribution is -2.56. The minimum atomic E-state index is -1.33. The zero-order valence-corrected chi connectivity index (χ0v) is 11.4. The van der Waals surface area contributed by atoms with E-state index in [4.69, 9.17) is 5.73 Å². The molecule has 4 nitrogen and oxygen atoms in total. The molecule has 104 valence electrons. The average molecular weight is 262 g/mol. The van der Waals surface area contributed by atoms with Gasteiger partial charge in [0.05, 0.1) is 0 Å². The SMILES string of the molecule is CC1CCCCN1CC(N)(C(=O)O)c1ccccc1. The number of carboxylic acids is 1. The van der Waals surface area contributed by atoms with Crippen molar-refractivity contribution >= 4 is 5.97 Å². The maximum atomic E-state index is 11.7. The molecule has 0 aliphatic carbocycles. The number of nitrogens with two attached hydrogens (primary N) is 1. The first kappa shape index (κ1) is 14.0. The molecule has 0 spiro atoms. The number of carbonyl (C=O) groups is 1. The number of rotatable bonds is 4. The number of likely N-dealkylation sites (tertiary alicyclic amines) is 1. The summed E-state index contributed by atoms with van der Waals surface area (Å²) >= 11 is 0. The summed E-state index contributed by atoms with van der Waals surface area (Å²) in [6.45, 7) is 3.44. The zero-order chi connectivity index (χ0) is 13.9. The van der Waals surface area contributed by atoms with E-state index >= 15 is 0 Å². The third-order valence-corrected chi connectivity index (χ3v) is 4.06. The number of aliphatic carboxylic acids is 1. The van der Waals surface area contributed by atoms with Gasteiger partial charge in [0.25, 0.3) is 0 Å². The summed E-state index contributed by atoms with van der Waals surface area (Å²) in [6, 6.07) is 9.53. The van der Waals surface area contributed by atoms with Gasteiger partial charge in [0.15, 0.2) is 5.54 Å². The maximum absolute atomic E-state index is 11.7. The fourth-order valence-electron chi connectivity index (χ4n) is 2.73. The molecule has 19 heavy (non-hydrogen) atoms. The highest BCUT2D eigenvalue weighted by Gasteiger charge is 2.39. The van der Waals surface area contributed by atoms with Crippen LogP contribution in [0.1, 0.15) is 31.7 Å². The molecule has 0 amide bonds. The van der Waals surface area contributed by atoms with Crippen molar-refractivity contribution in [1.82, 2.24) is 4.90 Å². The summed E-state index contributed by atoms with van der Waals surface area (Å²) in [5.74, 6) is -0.962. The van der Waals surface area contributed by atoms with Gasteiger partial charge in [-0.25, -0.2) is 4.79 Å². The van der Waals surface area contributed by atoms with Gasteiger partial charge in [0.2, 0.25) is 0 Å². The second-order valence-electron chi connectivity index (χ2n) is 5.46. The molecule has 1 aromatic carbocycles. The molecule has 1 aliphatic rings. The molecule has 0 saturated carbocycles. The average Bonchev–Trinajstić information content (AvgIpc) is 2.42. The van der Waals surface area contributed by atoms with E-state index in [0.29, 0.717) is 18.2 Å². The van der Waals surface area contributed by atoms with Gasteiger partial charge in [0.1, 0.15) is 0 Å². The summed E-state index contributed by atoms with van der Waals surface area (Å²) in [5.41, 5.74) is 5.55. The predicted molar refractivity (Wildman–Crippen MR) is 74.8 cm³/mol. The Labute approximate surface area is 114 Å². The van der Waals surface area contributed by atoms with Crippen molar-refractivity contribution in [2.24, 2.45) is 5.73 Å². The quantitative estimate of drug-likeness (QED) is 0.868. The van der Waals surface area contributed by atoms with Crippen molar-refractivity contribution in [1.29, 1.82) is 0 Å². The lowest BCUT2D eigenvalue weighted by Gasteiger charge is -2.38. The normalized spacial score (nSPS) is 23.8. The maximum Gasteiger partial charge on any atom is 0.329 e. The van der Waals surface area contributed by atoms with Gasteiger partial charge in [-0.15, -0.1) is 0 Å². The second-order valence-corrected chi connectivity index (χ2v) is 5.46. The van der Waals surface area contributed by atoms with Gasteiger partial charge < -0.3 is 10.8 Å². The smallest absolute Gasteiger partial charge is 0.329 e. The van der Waals surface area contributed by atoms with Gasteiger partial charge in [0, 0.05) is 12.6 Å². The molecule has 2 unspecified atom stereocenters. The van der Waals surface area contributed by atoms with Crippen molar-refractivity contribution in [3.05, 3.63) is 35.9 Å². The molecular formula is C15H22N2O2. The van der Waals surface area contributed by atoms with Gasteiger partial charge in [-0.3, -0.25) is 4.90 Å². The molecule has 4 heteroatoms. The topological polar surface area (TPSA) is 66.6 Å². The summed E-state index contributed by atoms with van der Waals surface area (Å²) in [5, 5.41) is 9.55. The van der Waals surface area contributed by atoms with E-state index in [1.165, 1.54) is 6.42 Å². The Morgan fingerprint density at radius 3 is 2.68 bits per heavy atom. The molecule has 2 atom stereocenters. The summed E-state index contributed by atoms with van der Waals surface area (Å²) in [4.78, 5) is 13.8. The molecule has 0 bridgehead atoms. The van der Waals surface area contributed by atoms with Crippen molar-refractivity contribution in [2.45, 2.75) is 37.8 Å². The Bertz CT molecular complexity index is 435. The first-order valence-electron chi connectivity index (χ1n) is 6.86. The van der Waals surface area contributed by atoms with Crippen LogP contribution in [0.5, 0.6) is 0 Å². The number of hydrogen-bond acceptors (Lipinski definition) is 3. The van der Waals surface area contributed by atoms with Crippen LogP contribution in [0, 0.1) is 0 Å². The van der Waals surface area contributed by atoms with E-state index in [9.17, 15) is 9.90 Å².